The van der Waals surface area contributed by atoms with E-state index in [0.717, 1.165) is 52.5 Å². The molecule has 4 aromatic rings. The lowest BCUT2D eigenvalue weighted by Gasteiger charge is -2.28. The summed E-state index contributed by atoms with van der Waals surface area (Å²) in [5.74, 6) is 1.05. The highest BCUT2D eigenvalue weighted by Gasteiger charge is 2.39. The average Bonchev–Trinajstić information content (AvgIpc) is 3.58. The number of pyridine rings is 2. The van der Waals surface area contributed by atoms with Crippen LogP contribution in [0.1, 0.15) is 43.9 Å². The predicted molar refractivity (Wildman–Crippen MR) is 147 cm³/mol. The van der Waals surface area contributed by atoms with Gasteiger partial charge in [-0.2, -0.15) is 0 Å². The summed E-state index contributed by atoms with van der Waals surface area (Å²) in [6.07, 6.45) is 9.75. The van der Waals surface area contributed by atoms with E-state index in [9.17, 15) is 4.79 Å². The molecule has 2 saturated heterocycles. The van der Waals surface area contributed by atoms with Crippen molar-refractivity contribution in [2.75, 3.05) is 28.6 Å². The molecule has 4 N–H and O–H groups in total. The molecule has 1 aromatic carbocycles. The lowest BCUT2D eigenvalue weighted by atomic mass is 9.93. The maximum Gasteiger partial charge on any atom is 0.224 e. The Labute approximate surface area is 215 Å². The Bertz CT molecular complexity index is 1560. The molecule has 37 heavy (non-hydrogen) atoms. The number of rotatable bonds is 5. The van der Waals surface area contributed by atoms with Crippen LogP contribution in [0.25, 0.3) is 27.6 Å². The highest BCUT2D eigenvalue weighted by atomic mass is 16.1. The van der Waals surface area contributed by atoms with E-state index in [4.69, 9.17) is 4.98 Å². The second-order valence-corrected chi connectivity index (χ2v) is 9.96. The van der Waals surface area contributed by atoms with Gasteiger partial charge in [0, 0.05) is 65.4 Å². The number of piperidine rings is 1. The zero-order valence-electron chi connectivity index (χ0n) is 20.8. The first-order chi connectivity index (χ1) is 18.2. The summed E-state index contributed by atoms with van der Waals surface area (Å²) in [7, 11) is 0. The summed E-state index contributed by atoms with van der Waals surface area (Å²) >= 11 is 0. The van der Waals surface area contributed by atoms with Crippen LogP contribution in [0.15, 0.2) is 60.7 Å². The average molecular weight is 492 g/mol. The van der Waals surface area contributed by atoms with Gasteiger partial charge in [0.05, 0.1) is 23.1 Å². The van der Waals surface area contributed by atoms with E-state index in [-0.39, 0.29) is 12.1 Å². The van der Waals surface area contributed by atoms with Crippen LogP contribution in [0, 0.1) is 0 Å². The number of carbonyl (C=O) groups excluding carboxylic acids is 1. The first-order valence-corrected chi connectivity index (χ1v) is 13.1. The SMILES string of the molecule is CCC(=O)Nc1cncc(-c2ccc3c(c2)C(c2cc4c(N5CCCCC5)nccc4[nH]2)=C2NC2N3)c1. The second-order valence-electron chi connectivity index (χ2n) is 9.96. The van der Waals surface area contributed by atoms with Crippen LogP contribution in [0.5, 0.6) is 0 Å². The van der Waals surface area contributed by atoms with Crippen molar-refractivity contribution in [2.24, 2.45) is 0 Å². The minimum atomic E-state index is -0.0244. The van der Waals surface area contributed by atoms with Crippen LogP contribution >= 0.6 is 0 Å². The highest BCUT2D eigenvalue weighted by molar-refractivity contribution is 6.00. The van der Waals surface area contributed by atoms with Crippen molar-refractivity contribution in [1.82, 2.24) is 20.3 Å². The van der Waals surface area contributed by atoms with Crippen LogP contribution < -0.4 is 20.9 Å². The fraction of sp³-hybridized carbons (Fsp3) is 0.276. The standard InChI is InChI=1S/C29H29N7O/c1-2-25(37)32-19-12-18(15-30-16-19)17-6-7-22-20(13-17)26(27-28(34-22)35-27)24-14-21-23(33-24)8-9-31-29(21)36-10-4-3-5-11-36/h6-9,12-16,28,33-35H,2-5,10-11H2,1H3,(H,32,37). The number of fused-ring (bicyclic) bond motifs is 3. The quantitative estimate of drug-likeness (QED) is 0.290. The third-order valence-electron chi connectivity index (χ3n) is 7.49. The van der Waals surface area contributed by atoms with Crippen molar-refractivity contribution in [1.29, 1.82) is 0 Å². The van der Waals surface area contributed by atoms with Crippen LogP contribution in [-0.4, -0.2) is 40.1 Å². The third kappa shape index (κ3) is 3.89. The van der Waals surface area contributed by atoms with Crippen LogP contribution in [0.3, 0.4) is 0 Å². The molecule has 8 heteroatoms. The molecule has 0 spiro atoms. The Balaban J connectivity index is 1.29. The van der Waals surface area contributed by atoms with E-state index in [1.165, 1.54) is 35.9 Å². The lowest BCUT2D eigenvalue weighted by molar-refractivity contribution is -0.115. The van der Waals surface area contributed by atoms with Crippen LogP contribution in [-0.2, 0) is 4.79 Å². The summed E-state index contributed by atoms with van der Waals surface area (Å²) < 4.78 is 0. The van der Waals surface area contributed by atoms with Crippen LogP contribution in [0.2, 0.25) is 0 Å². The van der Waals surface area contributed by atoms with E-state index in [0.29, 0.717) is 12.1 Å². The molecule has 8 nitrogen and oxygen atoms in total. The molecule has 2 fully saturated rings. The number of carbonyl (C=O) groups is 1. The van der Waals surface area contributed by atoms with Crippen molar-refractivity contribution in [3.8, 4) is 11.1 Å². The number of nitrogens with one attached hydrogen (secondary N) is 4. The second kappa shape index (κ2) is 8.65. The van der Waals surface area contributed by atoms with Gasteiger partial charge in [-0.05, 0) is 55.2 Å². The van der Waals surface area contributed by atoms with Gasteiger partial charge >= 0.3 is 0 Å². The molecule has 186 valence electrons. The predicted octanol–water partition coefficient (Wildman–Crippen LogP) is 5.08. The number of aromatic nitrogens is 3. The minimum absolute atomic E-state index is 0.0244. The summed E-state index contributed by atoms with van der Waals surface area (Å²) in [5, 5.41) is 11.2. The van der Waals surface area contributed by atoms with Gasteiger partial charge in [0.15, 0.2) is 0 Å². The van der Waals surface area contributed by atoms with E-state index >= 15 is 0 Å². The Morgan fingerprint density at radius 1 is 1.05 bits per heavy atom. The molecule has 1 atom stereocenters. The minimum Gasteiger partial charge on any atom is -0.360 e. The molecule has 0 saturated carbocycles. The smallest absolute Gasteiger partial charge is 0.224 e. The largest absolute Gasteiger partial charge is 0.360 e. The monoisotopic (exact) mass is 491 g/mol. The van der Waals surface area contributed by atoms with E-state index in [2.05, 4.69) is 61.2 Å². The molecule has 3 aliphatic rings. The summed E-state index contributed by atoms with van der Waals surface area (Å²) in [5.41, 5.74) is 9.52. The van der Waals surface area contributed by atoms with Crippen molar-refractivity contribution in [2.45, 2.75) is 38.8 Å². The van der Waals surface area contributed by atoms with Crippen molar-refractivity contribution in [3.05, 3.63) is 71.9 Å². The molecular weight excluding hydrogens is 462 g/mol. The van der Waals surface area contributed by atoms with Crippen molar-refractivity contribution < 1.29 is 4.79 Å². The number of hydrogen-bond donors (Lipinski definition) is 4. The summed E-state index contributed by atoms with van der Waals surface area (Å²) in [6, 6.07) is 12.7. The molecule has 1 unspecified atom stereocenters. The molecule has 3 aromatic heterocycles. The number of amides is 1. The number of H-pyrrole nitrogens is 1. The topological polar surface area (TPSA) is 108 Å². The zero-order valence-corrected chi connectivity index (χ0v) is 20.8. The molecule has 0 bridgehead atoms. The first-order valence-electron chi connectivity index (χ1n) is 13.1. The van der Waals surface area contributed by atoms with Crippen molar-refractivity contribution >= 4 is 39.6 Å². The number of anilines is 3. The number of benzene rings is 1. The third-order valence-corrected chi connectivity index (χ3v) is 7.49. The molecule has 7 rings (SSSR count). The van der Waals surface area contributed by atoms with Gasteiger partial charge in [-0.25, -0.2) is 4.98 Å². The number of aromatic amines is 1. The molecule has 0 radical (unpaired) electrons. The van der Waals surface area contributed by atoms with Gasteiger partial charge < -0.3 is 25.8 Å². The van der Waals surface area contributed by atoms with Gasteiger partial charge in [0.2, 0.25) is 5.91 Å². The van der Waals surface area contributed by atoms with Gasteiger partial charge in [0.25, 0.3) is 0 Å². The molecule has 0 aliphatic carbocycles. The Morgan fingerprint density at radius 2 is 1.95 bits per heavy atom. The normalized spacial score (nSPS) is 18.1. The van der Waals surface area contributed by atoms with Crippen molar-refractivity contribution in [3.63, 3.8) is 0 Å². The first kappa shape index (κ1) is 21.9. The maximum atomic E-state index is 11.9. The Kier molecular flexibility index (Phi) is 5.13. The number of hydrogen-bond acceptors (Lipinski definition) is 6. The highest BCUT2D eigenvalue weighted by Crippen LogP contribution is 2.44. The van der Waals surface area contributed by atoms with E-state index in [1.54, 1.807) is 6.20 Å². The Morgan fingerprint density at radius 3 is 2.81 bits per heavy atom. The van der Waals surface area contributed by atoms with E-state index < -0.39 is 0 Å². The molecular formula is C29H29N7O. The van der Waals surface area contributed by atoms with Crippen LogP contribution in [0.4, 0.5) is 17.2 Å². The van der Waals surface area contributed by atoms with Gasteiger partial charge in [-0.1, -0.05) is 13.0 Å². The Hall–Kier alpha value is -4.33. The summed E-state index contributed by atoms with van der Waals surface area (Å²) in [4.78, 5) is 27.1. The zero-order chi connectivity index (χ0) is 24.9. The summed E-state index contributed by atoms with van der Waals surface area (Å²) in [6.45, 7) is 3.96. The molecule has 6 heterocycles. The maximum absolute atomic E-state index is 11.9. The number of nitrogens with zero attached hydrogens (tertiary/aromatic N) is 3. The fourth-order valence-corrected chi connectivity index (χ4v) is 5.53. The lowest BCUT2D eigenvalue weighted by Crippen LogP contribution is -2.30. The molecule has 1 amide bonds. The molecule has 3 aliphatic heterocycles. The fourth-order valence-electron chi connectivity index (χ4n) is 5.53. The van der Waals surface area contributed by atoms with Gasteiger partial charge in [0.1, 0.15) is 12.0 Å². The van der Waals surface area contributed by atoms with E-state index in [1.807, 2.05) is 25.4 Å². The van der Waals surface area contributed by atoms with Gasteiger partial charge in [-0.15, -0.1) is 0 Å². The van der Waals surface area contributed by atoms with Gasteiger partial charge in [-0.3, -0.25) is 9.78 Å².